The van der Waals surface area contributed by atoms with Crippen molar-refractivity contribution in [2.75, 3.05) is 13.2 Å². The SMILES string of the molecule is C=CCOc1cccc(F)c1C1=CC=C(C)C(=C)N1CC(F)F. The fraction of sp³-hybridized carbons (Fsp3) is 0.222. The lowest BCUT2D eigenvalue weighted by Crippen LogP contribution is -2.29. The highest BCUT2D eigenvalue weighted by Crippen LogP contribution is 2.37. The number of nitrogens with zero attached hydrogens (tertiary/aromatic N) is 1. The lowest BCUT2D eigenvalue weighted by atomic mass is 10.0. The molecule has 1 aliphatic heterocycles. The smallest absolute Gasteiger partial charge is 0.256 e. The topological polar surface area (TPSA) is 12.5 Å². The van der Waals surface area contributed by atoms with Crippen molar-refractivity contribution < 1.29 is 17.9 Å². The molecular formula is C18H18F3NO. The number of hydrogen-bond donors (Lipinski definition) is 0. The molecule has 1 aromatic rings. The molecule has 0 saturated carbocycles. The molecule has 0 amide bonds. The normalized spacial score (nSPS) is 14.7. The van der Waals surface area contributed by atoms with Crippen LogP contribution in [0.1, 0.15) is 12.5 Å². The van der Waals surface area contributed by atoms with Crippen LogP contribution < -0.4 is 4.74 Å². The third-order valence-electron chi connectivity index (χ3n) is 3.47. The minimum atomic E-state index is -2.58. The molecule has 2 rings (SSSR count). The molecule has 5 heteroatoms. The highest BCUT2D eigenvalue weighted by atomic mass is 19.3. The molecule has 0 saturated heterocycles. The van der Waals surface area contributed by atoms with Gasteiger partial charge >= 0.3 is 0 Å². The highest BCUT2D eigenvalue weighted by molar-refractivity contribution is 5.74. The van der Waals surface area contributed by atoms with Gasteiger partial charge in [0.1, 0.15) is 18.2 Å². The van der Waals surface area contributed by atoms with Gasteiger partial charge in [0.05, 0.1) is 17.8 Å². The predicted octanol–water partition coefficient (Wildman–Crippen LogP) is 4.77. The molecule has 0 aromatic heterocycles. The van der Waals surface area contributed by atoms with Gasteiger partial charge in [-0.1, -0.05) is 31.4 Å². The number of halogens is 3. The van der Waals surface area contributed by atoms with E-state index >= 15 is 0 Å². The summed E-state index contributed by atoms with van der Waals surface area (Å²) in [6.07, 6.45) is 2.28. The molecule has 0 N–H and O–H groups in total. The molecule has 0 fully saturated rings. The van der Waals surface area contributed by atoms with Crippen molar-refractivity contribution in [1.29, 1.82) is 0 Å². The second-order valence-corrected chi connectivity index (χ2v) is 5.06. The van der Waals surface area contributed by atoms with Crippen molar-refractivity contribution in [2.45, 2.75) is 13.3 Å². The first-order valence-corrected chi connectivity index (χ1v) is 7.11. The van der Waals surface area contributed by atoms with Gasteiger partial charge in [-0.15, -0.1) is 0 Å². The quantitative estimate of drug-likeness (QED) is 0.700. The highest BCUT2D eigenvalue weighted by Gasteiger charge is 2.26. The van der Waals surface area contributed by atoms with Gasteiger partial charge in [-0.25, -0.2) is 13.2 Å². The number of allylic oxidation sites excluding steroid dienone is 3. The van der Waals surface area contributed by atoms with Crippen LogP contribution in [0.5, 0.6) is 5.75 Å². The van der Waals surface area contributed by atoms with E-state index in [1.165, 1.54) is 23.1 Å². The Morgan fingerprint density at radius 3 is 2.70 bits per heavy atom. The Morgan fingerprint density at radius 2 is 2.04 bits per heavy atom. The van der Waals surface area contributed by atoms with Gasteiger partial charge in [-0.2, -0.15) is 0 Å². The lowest BCUT2D eigenvalue weighted by molar-refractivity contribution is 0.123. The van der Waals surface area contributed by atoms with Crippen LogP contribution in [0.3, 0.4) is 0 Å². The van der Waals surface area contributed by atoms with E-state index in [1.54, 1.807) is 25.1 Å². The van der Waals surface area contributed by atoms with Crippen LogP contribution in [0, 0.1) is 5.82 Å². The molecule has 1 aromatic carbocycles. The maximum Gasteiger partial charge on any atom is 0.256 e. The summed E-state index contributed by atoms with van der Waals surface area (Å²) in [5, 5.41) is 0. The van der Waals surface area contributed by atoms with E-state index in [0.717, 1.165) is 5.57 Å². The molecule has 23 heavy (non-hydrogen) atoms. The average Bonchev–Trinajstić information content (AvgIpc) is 2.50. The molecule has 1 aliphatic rings. The zero-order valence-electron chi connectivity index (χ0n) is 12.9. The molecule has 2 nitrogen and oxygen atoms in total. The van der Waals surface area contributed by atoms with E-state index in [9.17, 15) is 13.2 Å². The van der Waals surface area contributed by atoms with Crippen molar-refractivity contribution in [3.05, 3.63) is 72.2 Å². The van der Waals surface area contributed by atoms with Crippen LogP contribution in [0.25, 0.3) is 5.70 Å². The first-order valence-electron chi connectivity index (χ1n) is 7.11. The Hall–Kier alpha value is -2.43. The van der Waals surface area contributed by atoms with Crippen molar-refractivity contribution in [1.82, 2.24) is 4.90 Å². The van der Waals surface area contributed by atoms with Crippen molar-refractivity contribution >= 4 is 5.70 Å². The summed E-state index contributed by atoms with van der Waals surface area (Å²) in [5.74, 6) is -0.269. The monoisotopic (exact) mass is 321 g/mol. The van der Waals surface area contributed by atoms with Crippen molar-refractivity contribution in [3.63, 3.8) is 0 Å². The summed E-state index contributed by atoms with van der Waals surface area (Å²) in [7, 11) is 0. The third-order valence-corrected chi connectivity index (χ3v) is 3.47. The van der Waals surface area contributed by atoms with E-state index in [2.05, 4.69) is 13.2 Å². The minimum Gasteiger partial charge on any atom is -0.489 e. The Bertz CT molecular complexity index is 677. The molecule has 0 bridgehead atoms. The molecule has 0 spiro atoms. The second-order valence-electron chi connectivity index (χ2n) is 5.06. The standard InChI is InChI=1S/C18H18F3NO/c1-4-10-23-16-7-5-6-14(19)18(16)15-9-8-12(2)13(3)22(15)11-17(20)21/h4-9,17H,1,3,10-11H2,2H3. The van der Waals surface area contributed by atoms with Crippen molar-refractivity contribution in [3.8, 4) is 5.75 Å². The zero-order chi connectivity index (χ0) is 17.0. The van der Waals surface area contributed by atoms with Gasteiger partial charge in [-0.05, 0) is 30.7 Å². The maximum absolute atomic E-state index is 14.4. The van der Waals surface area contributed by atoms with E-state index in [-0.39, 0.29) is 17.9 Å². The van der Waals surface area contributed by atoms with Gasteiger partial charge in [0.15, 0.2) is 0 Å². The van der Waals surface area contributed by atoms with E-state index in [1.807, 2.05) is 0 Å². The molecule has 0 aliphatic carbocycles. The molecule has 0 atom stereocenters. The van der Waals surface area contributed by atoms with Gasteiger partial charge in [0.2, 0.25) is 0 Å². The van der Waals surface area contributed by atoms with Crippen LogP contribution in [-0.4, -0.2) is 24.5 Å². The minimum absolute atomic E-state index is 0.139. The summed E-state index contributed by atoms with van der Waals surface area (Å²) in [4.78, 5) is 1.32. The number of benzene rings is 1. The summed E-state index contributed by atoms with van der Waals surface area (Å²) in [5.41, 5.74) is 1.61. The second kappa shape index (κ2) is 7.22. The van der Waals surface area contributed by atoms with Gasteiger partial charge in [0, 0.05) is 5.70 Å². The largest absolute Gasteiger partial charge is 0.489 e. The summed E-state index contributed by atoms with van der Waals surface area (Å²) in [6, 6.07) is 4.37. The molecule has 0 radical (unpaired) electrons. The van der Waals surface area contributed by atoms with Crippen molar-refractivity contribution in [2.24, 2.45) is 0 Å². The lowest BCUT2D eigenvalue weighted by Gasteiger charge is -2.33. The third kappa shape index (κ3) is 3.67. The Balaban J connectivity index is 2.53. The Labute approximate surface area is 133 Å². The first-order chi connectivity index (χ1) is 11.0. The number of ether oxygens (including phenoxy) is 1. The summed E-state index contributed by atoms with van der Waals surface area (Å²) < 4.78 is 45.7. The Kier molecular flexibility index (Phi) is 5.32. The number of hydrogen-bond acceptors (Lipinski definition) is 2. The fourth-order valence-electron chi connectivity index (χ4n) is 2.34. The molecule has 1 heterocycles. The van der Waals surface area contributed by atoms with Crippen LogP contribution >= 0.6 is 0 Å². The van der Waals surface area contributed by atoms with Gasteiger partial charge in [0.25, 0.3) is 6.43 Å². The summed E-state index contributed by atoms with van der Waals surface area (Å²) >= 11 is 0. The van der Waals surface area contributed by atoms with Crippen LogP contribution in [0.15, 0.2) is 60.9 Å². The van der Waals surface area contributed by atoms with Crippen LogP contribution in [-0.2, 0) is 0 Å². The zero-order valence-corrected chi connectivity index (χ0v) is 12.9. The van der Waals surface area contributed by atoms with E-state index in [4.69, 9.17) is 4.74 Å². The average molecular weight is 321 g/mol. The van der Waals surface area contributed by atoms with Crippen LogP contribution in [0.2, 0.25) is 0 Å². The molecule has 0 unspecified atom stereocenters. The van der Waals surface area contributed by atoms with Gasteiger partial charge < -0.3 is 9.64 Å². The summed E-state index contributed by atoms with van der Waals surface area (Å²) in [6.45, 7) is 8.77. The molecular weight excluding hydrogens is 303 g/mol. The Morgan fingerprint density at radius 1 is 1.30 bits per heavy atom. The van der Waals surface area contributed by atoms with E-state index in [0.29, 0.717) is 11.4 Å². The van der Waals surface area contributed by atoms with Gasteiger partial charge in [-0.3, -0.25) is 0 Å². The fourth-order valence-corrected chi connectivity index (χ4v) is 2.34. The number of rotatable bonds is 6. The van der Waals surface area contributed by atoms with E-state index < -0.39 is 18.8 Å². The van der Waals surface area contributed by atoms with Crippen LogP contribution in [0.4, 0.5) is 13.2 Å². The molecule has 122 valence electrons. The maximum atomic E-state index is 14.4. The predicted molar refractivity (Wildman–Crippen MR) is 85.7 cm³/mol. The first kappa shape index (κ1) is 16.9. The number of alkyl halides is 2.